The minimum absolute atomic E-state index is 0.0602. The minimum Gasteiger partial charge on any atom is -0.481 e. The number of nitrogens with zero attached hydrogens (tertiary/aromatic N) is 3. The van der Waals surface area contributed by atoms with Gasteiger partial charge >= 0.3 is 16.3 Å². The first kappa shape index (κ1) is 20.9. The number of oxime groups is 1. The number of β-lactam (4-membered cyclic amide) rings is 1. The van der Waals surface area contributed by atoms with Gasteiger partial charge in [0, 0.05) is 5.38 Å². The smallest absolute Gasteiger partial charge is 0.363 e. The van der Waals surface area contributed by atoms with E-state index in [4.69, 9.17) is 15.4 Å². The number of carbonyl (C=O) groups excluding carboxylic acids is 2. The molecule has 5 N–H and O–H groups in total. The number of nitrogens with one attached hydrogen (secondary N) is 1. The van der Waals surface area contributed by atoms with Crippen molar-refractivity contribution < 1.29 is 37.3 Å². The third-order valence-electron chi connectivity index (χ3n) is 3.07. The van der Waals surface area contributed by atoms with E-state index in [1.165, 1.54) is 12.5 Å². The van der Waals surface area contributed by atoms with Gasteiger partial charge in [-0.15, -0.1) is 23.1 Å². The van der Waals surface area contributed by atoms with Gasteiger partial charge in [-0.2, -0.15) is 12.7 Å². The Morgan fingerprint density at radius 2 is 2.22 bits per heavy atom. The number of nitrogens with two attached hydrogens (primary N) is 1. The summed E-state index contributed by atoms with van der Waals surface area (Å²) in [6.45, 7) is 0. The Hall–Kier alpha value is -2.43. The van der Waals surface area contributed by atoms with Gasteiger partial charge in [0.25, 0.3) is 11.8 Å². The van der Waals surface area contributed by atoms with E-state index in [9.17, 15) is 22.8 Å². The van der Waals surface area contributed by atoms with Gasteiger partial charge in [0.2, 0.25) is 0 Å². The maximum atomic E-state index is 12.4. The van der Waals surface area contributed by atoms with Crippen LogP contribution in [0.25, 0.3) is 0 Å². The zero-order valence-corrected chi connectivity index (χ0v) is 15.9. The molecule has 1 fully saturated rings. The van der Waals surface area contributed by atoms with E-state index < -0.39 is 45.3 Å². The minimum atomic E-state index is -4.92. The number of amides is 2. The maximum absolute atomic E-state index is 12.4. The van der Waals surface area contributed by atoms with Crippen LogP contribution in [0.1, 0.15) is 5.69 Å². The Kier molecular flexibility index (Phi) is 6.24. The zero-order valence-electron chi connectivity index (χ0n) is 13.4. The number of nitrogen functional groups attached to an aromatic ring is 1. The number of aromatic nitrogens is 1. The third kappa shape index (κ3) is 4.65. The number of anilines is 1. The number of rotatable bonds is 8. The molecule has 2 heterocycles. The Morgan fingerprint density at radius 3 is 2.70 bits per heavy atom. The molecular weight excluding hydrogens is 426 g/mol. The van der Waals surface area contributed by atoms with E-state index in [-0.39, 0.29) is 20.8 Å². The Morgan fingerprint density at radius 1 is 1.56 bits per heavy atom. The van der Waals surface area contributed by atoms with E-state index in [2.05, 4.69) is 20.3 Å². The summed E-state index contributed by atoms with van der Waals surface area (Å²) < 4.78 is 31.8. The quantitative estimate of drug-likeness (QED) is 0.156. The van der Waals surface area contributed by atoms with Crippen LogP contribution in [0.15, 0.2) is 10.5 Å². The third-order valence-corrected chi connectivity index (χ3v) is 6.02. The predicted molar refractivity (Wildman–Crippen MR) is 94.3 cm³/mol. The van der Waals surface area contributed by atoms with Crippen LogP contribution in [-0.4, -0.2) is 75.1 Å². The first-order chi connectivity index (χ1) is 12.6. The molecule has 27 heavy (non-hydrogen) atoms. The molecule has 1 aliphatic rings. The van der Waals surface area contributed by atoms with Crippen LogP contribution in [0.2, 0.25) is 0 Å². The number of carboxylic acids is 1. The monoisotopic (exact) mass is 439 g/mol. The second-order valence-corrected chi connectivity index (χ2v) is 8.14. The van der Waals surface area contributed by atoms with Crippen LogP contribution in [-0.2, 0) is 29.5 Å². The highest BCUT2D eigenvalue weighted by Gasteiger charge is 2.54. The molecule has 0 spiro atoms. The van der Waals surface area contributed by atoms with Crippen molar-refractivity contribution in [3.63, 3.8) is 0 Å². The molecule has 0 saturated carbocycles. The fourth-order valence-electron chi connectivity index (χ4n) is 2.04. The molecule has 2 rings (SSSR count). The molecule has 2 amide bonds. The van der Waals surface area contributed by atoms with Gasteiger partial charge in [-0.3, -0.25) is 18.9 Å². The molecule has 0 radical (unpaired) electrons. The molecule has 148 valence electrons. The molecule has 13 nitrogen and oxygen atoms in total. The predicted octanol–water partition coefficient (Wildman–Crippen LogP) is -1.65. The lowest BCUT2D eigenvalue weighted by molar-refractivity contribution is -0.141. The van der Waals surface area contributed by atoms with Gasteiger partial charge < -0.3 is 21.0 Å². The molecular formula is C11H13N5O8S3. The van der Waals surface area contributed by atoms with Gasteiger partial charge in [-0.25, -0.2) is 4.98 Å². The van der Waals surface area contributed by atoms with Crippen LogP contribution in [0.3, 0.4) is 0 Å². The summed E-state index contributed by atoms with van der Waals surface area (Å²) in [6.07, 6.45) is 0. The summed E-state index contributed by atoms with van der Waals surface area (Å²) in [5, 5.41) is 14.7. The van der Waals surface area contributed by atoms with Crippen LogP contribution < -0.4 is 11.1 Å². The Balaban J connectivity index is 2.22. The van der Waals surface area contributed by atoms with E-state index >= 15 is 0 Å². The van der Waals surface area contributed by atoms with Crippen LogP contribution in [0.4, 0.5) is 5.13 Å². The lowest BCUT2D eigenvalue weighted by atomic mass is 10.1. The van der Waals surface area contributed by atoms with Crippen molar-refractivity contribution in [2.75, 3.05) is 18.6 Å². The molecule has 0 aromatic carbocycles. The normalized spacial score (nSPS) is 20.1. The number of hydrogen-bond acceptors (Lipinski definition) is 11. The average Bonchev–Trinajstić information content (AvgIpc) is 2.98. The Bertz CT molecular complexity index is 898. The highest BCUT2D eigenvalue weighted by Crippen LogP contribution is 2.32. The van der Waals surface area contributed by atoms with E-state index in [0.717, 1.165) is 11.3 Å². The zero-order chi connectivity index (χ0) is 20.4. The second kappa shape index (κ2) is 8.07. The summed E-state index contributed by atoms with van der Waals surface area (Å²) in [4.78, 5) is 43.6. The van der Waals surface area contributed by atoms with Gasteiger partial charge in [0.1, 0.15) is 24.2 Å². The largest absolute Gasteiger partial charge is 0.481 e. The van der Waals surface area contributed by atoms with Crippen molar-refractivity contribution in [3.05, 3.63) is 11.1 Å². The Labute approximate surface area is 160 Å². The van der Waals surface area contributed by atoms with Gasteiger partial charge in [0.05, 0.1) is 5.75 Å². The topological polar surface area (TPSA) is 202 Å². The summed E-state index contributed by atoms with van der Waals surface area (Å²) in [6, 6.07) is -1.41. The molecule has 16 heteroatoms. The van der Waals surface area contributed by atoms with Gasteiger partial charge in [0.15, 0.2) is 10.8 Å². The number of thiazole rings is 1. The summed E-state index contributed by atoms with van der Waals surface area (Å²) in [7, 11) is -3.75. The average molecular weight is 439 g/mol. The lowest BCUT2D eigenvalue weighted by Crippen LogP contribution is -2.71. The molecule has 0 unspecified atom stereocenters. The van der Waals surface area contributed by atoms with Crippen LogP contribution in [0.5, 0.6) is 0 Å². The fourth-order valence-corrected chi connectivity index (χ4v) is 4.75. The highest BCUT2D eigenvalue weighted by atomic mass is 32.2. The molecule has 1 aliphatic heterocycles. The number of carbonyl (C=O) groups is 3. The molecule has 1 aromatic rings. The van der Waals surface area contributed by atoms with Crippen molar-refractivity contribution in [2.24, 2.45) is 5.16 Å². The molecule has 0 bridgehead atoms. The standard InChI is InChI=1S/C11H13N5O8S3/c1-24-15-6(4-2-26-11(12)13-4)8(19)14-7-9(20)16(27(21,22)23)10(7)25-3-5(17)18/h2,7,10H,3H2,1H3,(H2,12,13)(H,14,19)(H,17,18)(H,21,22,23)/b15-6-/t7-,10-/m1/s1. The van der Waals surface area contributed by atoms with Gasteiger partial charge in [-0.05, 0) is 0 Å². The van der Waals surface area contributed by atoms with E-state index in [1.54, 1.807) is 0 Å². The first-order valence-corrected chi connectivity index (χ1v) is 10.2. The van der Waals surface area contributed by atoms with Crippen molar-refractivity contribution in [2.45, 2.75) is 11.4 Å². The van der Waals surface area contributed by atoms with Gasteiger partial charge in [-0.1, -0.05) is 5.16 Å². The van der Waals surface area contributed by atoms with Crippen molar-refractivity contribution in [1.29, 1.82) is 0 Å². The summed E-state index contributed by atoms with van der Waals surface area (Å²) in [5.74, 6) is -3.92. The van der Waals surface area contributed by atoms with Crippen LogP contribution in [0, 0.1) is 0 Å². The SMILES string of the molecule is CO/N=C(\C(=O)N[C@@H]1C(=O)N(S(=O)(=O)O)[C@@H]1SCC(=O)O)c1csc(N)n1. The number of hydrogen-bond donors (Lipinski definition) is 4. The van der Waals surface area contributed by atoms with Crippen LogP contribution >= 0.6 is 23.1 Å². The molecule has 1 aromatic heterocycles. The maximum Gasteiger partial charge on any atom is 0.363 e. The van der Waals surface area contributed by atoms with E-state index in [1.807, 2.05) is 0 Å². The highest BCUT2D eigenvalue weighted by molar-refractivity contribution is 8.01. The molecule has 2 atom stereocenters. The number of thioether (sulfide) groups is 1. The summed E-state index contributed by atoms with van der Waals surface area (Å²) >= 11 is 1.56. The van der Waals surface area contributed by atoms with Crippen molar-refractivity contribution in [1.82, 2.24) is 14.6 Å². The second-order valence-electron chi connectivity index (χ2n) is 4.85. The fraction of sp³-hybridized carbons (Fsp3) is 0.364. The lowest BCUT2D eigenvalue weighted by Gasteiger charge is -2.43. The number of carboxylic acid groups (broad SMARTS) is 1. The molecule has 0 aliphatic carbocycles. The van der Waals surface area contributed by atoms with Crippen molar-refractivity contribution in [3.8, 4) is 0 Å². The molecule has 1 saturated heterocycles. The number of aliphatic carboxylic acids is 1. The van der Waals surface area contributed by atoms with E-state index in [0.29, 0.717) is 11.8 Å². The first-order valence-electron chi connectivity index (χ1n) is 6.83. The van der Waals surface area contributed by atoms with Crippen molar-refractivity contribution >= 4 is 62.0 Å². The summed E-state index contributed by atoms with van der Waals surface area (Å²) in [5.41, 5.74) is 5.23.